The van der Waals surface area contributed by atoms with Crippen molar-refractivity contribution in [2.45, 2.75) is 37.9 Å². The van der Waals surface area contributed by atoms with Gasteiger partial charge in [-0.15, -0.1) is 11.3 Å². The van der Waals surface area contributed by atoms with Crippen LogP contribution in [0.4, 0.5) is 0 Å². The topological polar surface area (TPSA) is 15.3 Å². The van der Waals surface area contributed by atoms with Crippen molar-refractivity contribution in [3.05, 3.63) is 19.2 Å². The molecule has 0 spiro atoms. The number of hydrogen-bond donors (Lipinski definition) is 1. The summed E-state index contributed by atoms with van der Waals surface area (Å²) in [4.78, 5) is 4.05. The first-order valence-electron chi connectivity index (χ1n) is 6.15. The molecule has 1 aromatic rings. The predicted octanol–water partition coefficient (Wildman–Crippen LogP) is 3.60. The van der Waals surface area contributed by atoms with Crippen molar-refractivity contribution in [2.24, 2.45) is 0 Å². The van der Waals surface area contributed by atoms with E-state index < -0.39 is 0 Å². The van der Waals surface area contributed by atoms with E-state index in [1.807, 2.05) is 11.3 Å². The van der Waals surface area contributed by atoms with E-state index in [0.717, 1.165) is 12.6 Å². The quantitative estimate of drug-likeness (QED) is 0.862. The van der Waals surface area contributed by atoms with Gasteiger partial charge in [0.25, 0.3) is 0 Å². The monoisotopic (exact) mass is 378 g/mol. The summed E-state index contributed by atoms with van der Waals surface area (Å²) in [5.41, 5.74) is 0. The molecular formula is C12H16Br2N2S. The van der Waals surface area contributed by atoms with Gasteiger partial charge in [-0.3, -0.25) is 4.90 Å². The normalized spacial score (nSPS) is 28.8. The highest BCUT2D eigenvalue weighted by Crippen LogP contribution is 2.33. The van der Waals surface area contributed by atoms with E-state index in [2.05, 4.69) is 48.1 Å². The van der Waals surface area contributed by atoms with Crippen LogP contribution in [0.2, 0.25) is 0 Å². The van der Waals surface area contributed by atoms with Crippen molar-refractivity contribution >= 4 is 43.2 Å². The standard InChI is InChI=1S/C12H16Br2N2S/c13-9-6-8(17-12(9)14)7-15-10-3-5-16-4-1-2-11(10)16/h6,10-11,15H,1-5,7H2. The first kappa shape index (κ1) is 12.6. The van der Waals surface area contributed by atoms with Crippen LogP contribution in [0, 0.1) is 0 Å². The second-order valence-corrected chi connectivity index (χ2v) is 8.16. The molecule has 3 rings (SSSR count). The largest absolute Gasteiger partial charge is 0.307 e. The predicted molar refractivity (Wildman–Crippen MR) is 79.6 cm³/mol. The second kappa shape index (κ2) is 5.29. The Morgan fingerprint density at radius 3 is 3.00 bits per heavy atom. The zero-order valence-corrected chi connectivity index (χ0v) is 13.6. The van der Waals surface area contributed by atoms with Crippen LogP contribution in [0.25, 0.3) is 0 Å². The van der Waals surface area contributed by atoms with Crippen LogP contribution < -0.4 is 5.32 Å². The molecule has 17 heavy (non-hydrogen) atoms. The molecule has 0 saturated carbocycles. The van der Waals surface area contributed by atoms with Crippen LogP contribution in [0.15, 0.2) is 14.3 Å². The van der Waals surface area contributed by atoms with Gasteiger partial charge in [-0.25, -0.2) is 0 Å². The third-order valence-corrected chi connectivity index (χ3v) is 7.10. The summed E-state index contributed by atoms with van der Waals surface area (Å²) in [5, 5.41) is 3.74. The summed E-state index contributed by atoms with van der Waals surface area (Å²) in [6.45, 7) is 3.61. The van der Waals surface area contributed by atoms with Crippen molar-refractivity contribution < 1.29 is 0 Å². The van der Waals surface area contributed by atoms with E-state index in [1.54, 1.807) is 0 Å². The third-order valence-electron chi connectivity index (χ3n) is 3.84. The summed E-state index contributed by atoms with van der Waals surface area (Å²) < 4.78 is 2.37. The van der Waals surface area contributed by atoms with Gasteiger partial charge in [-0.2, -0.15) is 0 Å². The maximum atomic E-state index is 3.74. The van der Waals surface area contributed by atoms with Crippen LogP contribution in [-0.4, -0.2) is 30.1 Å². The highest BCUT2D eigenvalue weighted by atomic mass is 79.9. The van der Waals surface area contributed by atoms with Gasteiger partial charge in [0, 0.05) is 34.5 Å². The molecule has 0 radical (unpaired) electrons. The smallest absolute Gasteiger partial charge is 0.0843 e. The Kier molecular flexibility index (Phi) is 3.92. The van der Waals surface area contributed by atoms with Crippen LogP contribution in [0.1, 0.15) is 24.1 Å². The Hall–Kier alpha value is 0.580. The van der Waals surface area contributed by atoms with Crippen molar-refractivity contribution in [3.63, 3.8) is 0 Å². The van der Waals surface area contributed by atoms with Gasteiger partial charge in [0.15, 0.2) is 0 Å². The summed E-state index contributed by atoms with van der Waals surface area (Å²) in [6.07, 6.45) is 4.09. The summed E-state index contributed by atoms with van der Waals surface area (Å²) in [7, 11) is 0. The van der Waals surface area contributed by atoms with Crippen LogP contribution in [-0.2, 0) is 6.54 Å². The average molecular weight is 380 g/mol. The molecule has 0 aliphatic carbocycles. The van der Waals surface area contributed by atoms with Gasteiger partial charge in [0.2, 0.25) is 0 Å². The van der Waals surface area contributed by atoms with Crippen molar-refractivity contribution in [1.29, 1.82) is 0 Å². The molecule has 2 aliphatic rings. The molecule has 1 aromatic heterocycles. The van der Waals surface area contributed by atoms with Crippen molar-refractivity contribution in [2.75, 3.05) is 13.1 Å². The molecule has 2 fully saturated rings. The highest BCUT2D eigenvalue weighted by molar-refractivity contribution is 9.13. The van der Waals surface area contributed by atoms with E-state index in [-0.39, 0.29) is 0 Å². The number of fused-ring (bicyclic) bond motifs is 1. The number of halogens is 2. The van der Waals surface area contributed by atoms with Crippen LogP contribution in [0.3, 0.4) is 0 Å². The van der Waals surface area contributed by atoms with Crippen molar-refractivity contribution in [3.8, 4) is 0 Å². The molecule has 2 nitrogen and oxygen atoms in total. The van der Waals surface area contributed by atoms with Gasteiger partial charge < -0.3 is 5.32 Å². The number of rotatable bonds is 3. The first-order chi connectivity index (χ1) is 8.24. The molecule has 2 saturated heterocycles. The van der Waals surface area contributed by atoms with Gasteiger partial charge in [-0.1, -0.05) is 0 Å². The van der Waals surface area contributed by atoms with Crippen LogP contribution in [0.5, 0.6) is 0 Å². The first-order valence-corrected chi connectivity index (χ1v) is 8.55. The lowest BCUT2D eigenvalue weighted by atomic mass is 10.1. The number of hydrogen-bond acceptors (Lipinski definition) is 3. The minimum atomic E-state index is 0.706. The molecule has 2 aliphatic heterocycles. The Labute approximate surface area is 123 Å². The van der Waals surface area contributed by atoms with Crippen LogP contribution >= 0.6 is 43.2 Å². The lowest BCUT2D eigenvalue weighted by Gasteiger charge is -2.20. The molecule has 0 bridgehead atoms. The number of thiophene rings is 1. The lowest BCUT2D eigenvalue weighted by molar-refractivity contribution is 0.299. The molecule has 0 amide bonds. The molecule has 5 heteroatoms. The Bertz CT molecular complexity index is 388. The lowest BCUT2D eigenvalue weighted by Crippen LogP contribution is -2.38. The third kappa shape index (κ3) is 2.63. The zero-order valence-electron chi connectivity index (χ0n) is 9.59. The van der Waals surface area contributed by atoms with Gasteiger partial charge >= 0.3 is 0 Å². The summed E-state index contributed by atoms with van der Waals surface area (Å²) >= 11 is 8.91. The minimum Gasteiger partial charge on any atom is -0.307 e. The van der Waals surface area contributed by atoms with Gasteiger partial charge in [0.1, 0.15) is 0 Å². The fourth-order valence-corrected chi connectivity index (χ4v) is 5.16. The molecule has 3 heterocycles. The number of nitrogens with zero attached hydrogens (tertiary/aromatic N) is 1. The van der Waals surface area contributed by atoms with E-state index in [0.29, 0.717) is 6.04 Å². The van der Waals surface area contributed by atoms with Crippen molar-refractivity contribution in [1.82, 2.24) is 10.2 Å². The maximum absolute atomic E-state index is 3.74. The van der Waals surface area contributed by atoms with E-state index in [4.69, 9.17) is 0 Å². The SMILES string of the molecule is Brc1cc(CNC2CCN3CCCC23)sc1Br. The average Bonchev–Trinajstić information content (AvgIpc) is 2.94. The minimum absolute atomic E-state index is 0.706. The van der Waals surface area contributed by atoms with Gasteiger partial charge in [-0.05, 0) is 63.7 Å². The summed E-state index contributed by atoms with van der Waals surface area (Å²) in [5.74, 6) is 0. The highest BCUT2D eigenvalue weighted by Gasteiger charge is 2.36. The Balaban J connectivity index is 1.57. The number of nitrogens with one attached hydrogen (secondary N) is 1. The molecule has 1 N–H and O–H groups in total. The second-order valence-electron chi connectivity index (χ2n) is 4.86. The van der Waals surface area contributed by atoms with E-state index >= 15 is 0 Å². The molecule has 2 atom stereocenters. The molecule has 94 valence electrons. The van der Waals surface area contributed by atoms with E-state index in [9.17, 15) is 0 Å². The Morgan fingerprint density at radius 2 is 2.24 bits per heavy atom. The maximum Gasteiger partial charge on any atom is 0.0843 e. The van der Waals surface area contributed by atoms with E-state index in [1.165, 1.54) is 45.5 Å². The zero-order chi connectivity index (χ0) is 11.8. The fourth-order valence-electron chi connectivity index (χ4n) is 3.03. The molecule has 2 unspecified atom stereocenters. The van der Waals surface area contributed by atoms with Gasteiger partial charge in [0.05, 0.1) is 3.79 Å². The summed E-state index contributed by atoms with van der Waals surface area (Å²) in [6, 6.07) is 3.72. The molecular weight excluding hydrogens is 364 g/mol. The fraction of sp³-hybridized carbons (Fsp3) is 0.667. The Morgan fingerprint density at radius 1 is 1.35 bits per heavy atom. The molecule has 0 aromatic carbocycles.